The van der Waals surface area contributed by atoms with Gasteiger partial charge in [-0.25, -0.2) is 8.42 Å². The van der Waals surface area contributed by atoms with Crippen molar-refractivity contribution >= 4 is 50.7 Å². The Hall–Kier alpha value is -3.27. The highest BCUT2D eigenvalue weighted by molar-refractivity contribution is 7.92. The third kappa shape index (κ3) is 7.23. The maximum absolute atomic E-state index is 14.0. The quantitative estimate of drug-likeness (QED) is 0.336. The lowest BCUT2D eigenvalue weighted by Gasteiger charge is -2.32. The van der Waals surface area contributed by atoms with Crippen LogP contribution < -0.4 is 14.4 Å². The fourth-order valence-electron chi connectivity index (χ4n) is 3.97. The molecule has 0 saturated carbocycles. The molecular weight excluding hydrogens is 561 g/mol. The Morgan fingerprint density at radius 3 is 2.33 bits per heavy atom. The van der Waals surface area contributed by atoms with Crippen molar-refractivity contribution in [1.82, 2.24) is 10.2 Å². The molecule has 0 radical (unpaired) electrons. The molecule has 0 bridgehead atoms. The summed E-state index contributed by atoms with van der Waals surface area (Å²) >= 11 is 12.4. The number of ether oxygens (including phenoxy) is 1. The largest absolute Gasteiger partial charge is 0.495 e. The second-order valence-corrected chi connectivity index (χ2v) is 11.5. The first-order valence-electron chi connectivity index (χ1n) is 12.2. The van der Waals surface area contributed by atoms with Crippen LogP contribution in [0.25, 0.3) is 0 Å². The number of sulfonamides is 1. The molecule has 2 amide bonds. The summed E-state index contributed by atoms with van der Waals surface area (Å²) in [5.74, 6) is -0.721. The van der Waals surface area contributed by atoms with Crippen LogP contribution >= 0.6 is 23.2 Å². The first-order chi connectivity index (χ1) is 18.5. The van der Waals surface area contributed by atoms with Crippen LogP contribution in [-0.4, -0.2) is 51.4 Å². The van der Waals surface area contributed by atoms with Gasteiger partial charge in [-0.2, -0.15) is 0 Å². The smallest absolute Gasteiger partial charge is 0.264 e. The zero-order valence-corrected chi connectivity index (χ0v) is 24.5. The molecule has 0 unspecified atom stereocenters. The minimum atomic E-state index is -4.21. The Balaban J connectivity index is 2.11. The van der Waals surface area contributed by atoms with Gasteiger partial charge in [0, 0.05) is 23.1 Å². The Morgan fingerprint density at radius 1 is 1.03 bits per heavy atom. The number of likely N-dealkylation sites (N-methyl/N-ethyl adjacent to an activating group) is 1. The lowest BCUT2D eigenvalue weighted by molar-refractivity contribution is -0.139. The van der Waals surface area contributed by atoms with Crippen molar-refractivity contribution < 1.29 is 22.7 Å². The minimum absolute atomic E-state index is 0.00503. The normalized spacial score (nSPS) is 11.9. The molecule has 0 aliphatic rings. The predicted molar refractivity (Wildman–Crippen MR) is 154 cm³/mol. The average molecular weight is 593 g/mol. The number of hydrogen-bond donors (Lipinski definition) is 1. The summed E-state index contributed by atoms with van der Waals surface area (Å²) in [6.45, 7) is 4.89. The van der Waals surface area contributed by atoms with Gasteiger partial charge in [-0.05, 0) is 68.3 Å². The maximum Gasteiger partial charge on any atom is 0.264 e. The molecule has 3 rings (SSSR count). The van der Waals surface area contributed by atoms with Gasteiger partial charge >= 0.3 is 0 Å². The average Bonchev–Trinajstić information content (AvgIpc) is 2.91. The SMILES string of the molecule is CCNC(=O)[C@H](C)N(Cc1ccc(Cl)cc1Cl)C(=O)CN(c1cc(C)ccc1OC)S(=O)(=O)c1ccccc1. The number of nitrogens with zero attached hydrogens (tertiary/aromatic N) is 2. The summed E-state index contributed by atoms with van der Waals surface area (Å²) in [6, 6.07) is 16.8. The molecule has 0 spiro atoms. The maximum atomic E-state index is 14.0. The molecule has 1 atom stereocenters. The van der Waals surface area contributed by atoms with Crippen LogP contribution in [0.3, 0.4) is 0 Å². The van der Waals surface area contributed by atoms with Crippen LogP contribution in [0.5, 0.6) is 5.75 Å². The summed E-state index contributed by atoms with van der Waals surface area (Å²) in [6.07, 6.45) is 0. The van der Waals surface area contributed by atoms with E-state index in [0.29, 0.717) is 22.2 Å². The highest BCUT2D eigenvalue weighted by atomic mass is 35.5. The molecule has 0 aromatic heterocycles. The van der Waals surface area contributed by atoms with E-state index >= 15 is 0 Å². The zero-order valence-electron chi connectivity index (χ0n) is 22.1. The van der Waals surface area contributed by atoms with E-state index in [2.05, 4.69) is 5.32 Å². The summed E-state index contributed by atoms with van der Waals surface area (Å²) in [5, 5.41) is 3.46. The van der Waals surface area contributed by atoms with Crippen LogP contribution in [0.2, 0.25) is 10.0 Å². The summed E-state index contributed by atoms with van der Waals surface area (Å²) < 4.78 is 34.3. The van der Waals surface area contributed by atoms with Gasteiger partial charge in [0.05, 0.1) is 17.7 Å². The number of amides is 2. The highest BCUT2D eigenvalue weighted by Gasteiger charge is 2.34. The third-order valence-corrected chi connectivity index (χ3v) is 8.45. The summed E-state index contributed by atoms with van der Waals surface area (Å²) in [7, 11) is -2.79. The topological polar surface area (TPSA) is 96.0 Å². The highest BCUT2D eigenvalue weighted by Crippen LogP contribution is 2.34. The van der Waals surface area contributed by atoms with Crippen LogP contribution in [0.15, 0.2) is 71.6 Å². The van der Waals surface area contributed by atoms with Gasteiger partial charge in [-0.1, -0.05) is 53.5 Å². The van der Waals surface area contributed by atoms with E-state index in [4.69, 9.17) is 27.9 Å². The van der Waals surface area contributed by atoms with Crippen molar-refractivity contribution in [2.75, 3.05) is 24.5 Å². The Bertz CT molecular complexity index is 1430. The van der Waals surface area contributed by atoms with E-state index in [1.807, 2.05) is 6.92 Å². The molecule has 0 aliphatic carbocycles. The zero-order chi connectivity index (χ0) is 28.7. The van der Waals surface area contributed by atoms with Gasteiger partial charge in [0.2, 0.25) is 11.8 Å². The van der Waals surface area contributed by atoms with E-state index < -0.39 is 28.5 Å². The number of halogens is 2. The number of hydrogen-bond acceptors (Lipinski definition) is 5. The molecule has 0 fully saturated rings. The van der Waals surface area contributed by atoms with Crippen molar-refractivity contribution in [3.05, 3.63) is 87.9 Å². The van der Waals surface area contributed by atoms with Crippen LogP contribution in [0.4, 0.5) is 5.69 Å². The van der Waals surface area contributed by atoms with Gasteiger partial charge in [0.1, 0.15) is 18.3 Å². The van der Waals surface area contributed by atoms with Crippen LogP contribution in [0.1, 0.15) is 25.0 Å². The second kappa shape index (κ2) is 13.2. The van der Waals surface area contributed by atoms with Gasteiger partial charge in [-0.15, -0.1) is 0 Å². The summed E-state index contributed by atoms with van der Waals surface area (Å²) in [5.41, 5.74) is 1.52. The third-order valence-electron chi connectivity index (χ3n) is 6.09. The number of aryl methyl sites for hydroxylation is 1. The first kappa shape index (κ1) is 30.3. The number of carbonyl (C=O) groups is 2. The lowest BCUT2D eigenvalue weighted by Crippen LogP contribution is -2.51. The number of anilines is 1. The minimum Gasteiger partial charge on any atom is -0.495 e. The number of methoxy groups -OCH3 is 1. The molecule has 208 valence electrons. The molecule has 8 nitrogen and oxygen atoms in total. The van der Waals surface area contributed by atoms with Gasteiger partial charge in [0.15, 0.2) is 0 Å². The molecule has 1 N–H and O–H groups in total. The number of benzene rings is 3. The van der Waals surface area contributed by atoms with E-state index in [9.17, 15) is 18.0 Å². The van der Waals surface area contributed by atoms with Crippen molar-refractivity contribution in [1.29, 1.82) is 0 Å². The monoisotopic (exact) mass is 591 g/mol. The van der Waals surface area contributed by atoms with Gasteiger partial charge in [-0.3, -0.25) is 13.9 Å². The molecule has 0 saturated heterocycles. The molecule has 39 heavy (non-hydrogen) atoms. The summed E-state index contributed by atoms with van der Waals surface area (Å²) in [4.78, 5) is 28.1. The Morgan fingerprint density at radius 2 is 1.72 bits per heavy atom. The fourth-order valence-corrected chi connectivity index (χ4v) is 5.87. The van der Waals surface area contributed by atoms with Gasteiger partial charge < -0.3 is 15.0 Å². The van der Waals surface area contributed by atoms with Gasteiger partial charge in [0.25, 0.3) is 10.0 Å². The van der Waals surface area contributed by atoms with Crippen LogP contribution in [0, 0.1) is 6.92 Å². The number of carbonyl (C=O) groups excluding carboxylic acids is 2. The molecule has 0 heterocycles. The van der Waals surface area contributed by atoms with Crippen molar-refractivity contribution in [3.63, 3.8) is 0 Å². The van der Waals surface area contributed by atoms with Crippen molar-refractivity contribution in [2.45, 2.75) is 38.3 Å². The van der Waals surface area contributed by atoms with Crippen molar-refractivity contribution in [2.24, 2.45) is 0 Å². The number of rotatable bonds is 11. The molecule has 3 aromatic carbocycles. The molecule has 11 heteroatoms. The molecule has 0 aliphatic heterocycles. The van der Waals surface area contributed by atoms with E-state index in [1.54, 1.807) is 68.4 Å². The Labute approximate surface area is 239 Å². The Kier molecular flexibility index (Phi) is 10.2. The fraction of sp³-hybridized carbons (Fsp3) is 0.286. The standard InChI is InChI=1S/C28H31Cl2N3O5S/c1-5-31-28(35)20(3)32(17-21-12-13-22(29)16-24(21)30)27(34)18-33(25-15-19(2)11-14-26(25)38-4)39(36,37)23-9-7-6-8-10-23/h6-16,20H,5,17-18H2,1-4H3,(H,31,35)/t20-/m0/s1. The van der Waals surface area contributed by atoms with E-state index in [-0.39, 0.29) is 28.8 Å². The lowest BCUT2D eigenvalue weighted by atomic mass is 10.1. The first-order valence-corrected chi connectivity index (χ1v) is 14.4. The van der Waals surface area contributed by atoms with E-state index in [1.165, 1.54) is 24.1 Å². The predicted octanol–water partition coefficient (Wildman–Crippen LogP) is 5.06. The number of nitrogens with one attached hydrogen (secondary N) is 1. The van der Waals surface area contributed by atoms with Crippen LogP contribution in [-0.2, 0) is 26.2 Å². The second-order valence-electron chi connectivity index (χ2n) is 8.83. The molecule has 3 aromatic rings. The molecular formula is C28H31Cl2N3O5S. The van der Waals surface area contributed by atoms with E-state index in [0.717, 1.165) is 9.87 Å². The van der Waals surface area contributed by atoms with Crippen molar-refractivity contribution in [3.8, 4) is 5.75 Å².